The number of allylic oxidation sites excluding steroid dienone is 7. The van der Waals surface area contributed by atoms with Crippen molar-refractivity contribution in [3.63, 3.8) is 0 Å². The molecule has 0 heterocycles. The number of aliphatic hydroxyl groups is 2. The lowest BCUT2D eigenvalue weighted by atomic mass is 10.0. The molecule has 0 fully saturated rings. The number of rotatable bonds is 30. The molecule has 0 aromatic heterocycles. The third kappa shape index (κ3) is 32.7. The topological polar surface area (TPSA) is 93.1 Å². The van der Waals surface area contributed by atoms with Crippen LogP contribution < -0.4 is 0 Å². The van der Waals surface area contributed by atoms with Gasteiger partial charge in [-0.05, 0) is 57.3 Å². The molecule has 0 saturated carbocycles. The number of hydrogen-bond acceptors (Lipinski definition) is 6. The van der Waals surface area contributed by atoms with E-state index in [-0.39, 0.29) is 31.3 Å². The van der Waals surface area contributed by atoms with Crippen molar-refractivity contribution in [2.45, 2.75) is 161 Å². The summed E-state index contributed by atoms with van der Waals surface area (Å²) in [6.07, 6.45) is 35.2. The lowest BCUT2D eigenvalue weighted by Gasteiger charge is -2.12. The third-order valence-corrected chi connectivity index (χ3v) is 7.30. The van der Waals surface area contributed by atoms with Crippen LogP contribution in [0.25, 0.3) is 0 Å². The van der Waals surface area contributed by atoms with E-state index in [9.17, 15) is 19.8 Å². The van der Waals surface area contributed by atoms with E-state index < -0.39 is 6.10 Å². The van der Waals surface area contributed by atoms with Crippen molar-refractivity contribution in [1.29, 1.82) is 0 Å². The lowest BCUT2D eigenvalue weighted by Crippen LogP contribution is -2.25. The van der Waals surface area contributed by atoms with Crippen LogP contribution in [-0.4, -0.2) is 47.6 Å². The molecule has 0 bridgehead atoms. The molecule has 0 aliphatic carbocycles. The van der Waals surface area contributed by atoms with Gasteiger partial charge >= 0.3 is 11.9 Å². The Kier molecular flexibility index (Phi) is 30.6. The Morgan fingerprint density at radius 2 is 1.02 bits per heavy atom. The van der Waals surface area contributed by atoms with Gasteiger partial charge in [0, 0.05) is 12.8 Å². The molecule has 0 amide bonds. The molecule has 0 spiro atoms. The average molecular weight is 619 g/mol. The molecule has 6 nitrogen and oxygen atoms in total. The normalized spacial score (nSPS) is 13.6. The molecule has 44 heavy (non-hydrogen) atoms. The first-order valence-electron chi connectivity index (χ1n) is 17.6. The predicted octanol–water partition coefficient (Wildman–Crippen LogP) is 9.50. The zero-order valence-corrected chi connectivity index (χ0v) is 28.4. The molecular weight excluding hydrogens is 552 g/mol. The van der Waals surface area contributed by atoms with Crippen LogP contribution in [0.4, 0.5) is 0 Å². The number of carbonyl (C=O) groups excluding carboxylic acids is 2. The number of hydrogen-bond donors (Lipinski definition) is 2. The minimum atomic E-state index is -0.994. The number of carbonyl (C=O) groups is 2. The Hall–Kier alpha value is -2.18. The van der Waals surface area contributed by atoms with E-state index in [2.05, 4.69) is 69.4 Å². The minimum absolute atomic E-state index is 0.143. The summed E-state index contributed by atoms with van der Waals surface area (Å²) < 4.78 is 10.2. The number of aliphatic hydroxyl groups excluding tert-OH is 2. The zero-order valence-electron chi connectivity index (χ0n) is 28.4. The van der Waals surface area contributed by atoms with Gasteiger partial charge in [-0.1, -0.05) is 134 Å². The van der Waals surface area contributed by atoms with Crippen molar-refractivity contribution in [2.75, 3.05) is 13.2 Å². The molecule has 0 saturated heterocycles. The van der Waals surface area contributed by atoms with Gasteiger partial charge in [-0.2, -0.15) is 0 Å². The van der Waals surface area contributed by atoms with Gasteiger partial charge < -0.3 is 19.7 Å². The summed E-state index contributed by atoms with van der Waals surface area (Å²) in [5.74, 6) is 0.158. The fourth-order valence-electron chi connectivity index (χ4n) is 4.63. The van der Waals surface area contributed by atoms with E-state index in [4.69, 9.17) is 9.47 Å². The zero-order chi connectivity index (χ0) is 32.5. The molecule has 0 rings (SSSR count). The van der Waals surface area contributed by atoms with Crippen molar-refractivity contribution in [3.05, 3.63) is 48.6 Å². The fraction of sp³-hybridized carbons (Fsp3) is 0.737. The first-order valence-corrected chi connectivity index (χ1v) is 17.6. The second-order valence-corrected chi connectivity index (χ2v) is 12.3. The van der Waals surface area contributed by atoms with Crippen LogP contribution in [0.15, 0.2) is 48.6 Å². The van der Waals surface area contributed by atoms with Crippen LogP contribution in [0.2, 0.25) is 0 Å². The van der Waals surface area contributed by atoms with E-state index >= 15 is 0 Å². The van der Waals surface area contributed by atoms with Crippen LogP contribution in [-0.2, 0) is 19.1 Å². The first kappa shape index (κ1) is 41.8. The van der Waals surface area contributed by atoms with Crippen LogP contribution >= 0.6 is 0 Å². The van der Waals surface area contributed by atoms with Crippen LogP contribution in [0, 0.1) is 5.92 Å². The Labute approximate surface area is 270 Å². The maximum absolute atomic E-state index is 11.9. The first-order chi connectivity index (χ1) is 21.3. The van der Waals surface area contributed by atoms with Gasteiger partial charge in [-0.15, -0.1) is 0 Å². The summed E-state index contributed by atoms with van der Waals surface area (Å²) in [5.41, 5.74) is 0. The van der Waals surface area contributed by atoms with Gasteiger partial charge in [0.1, 0.15) is 19.3 Å². The summed E-state index contributed by atoms with van der Waals surface area (Å²) in [7, 11) is 0. The molecule has 0 aliphatic heterocycles. The number of unbranched alkanes of at least 4 members (excludes halogenated alkanes) is 9. The summed E-state index contributed by atoms with van der Waals surface area (Å²) in [6.45, 7) is 6.35. The number of esters is 2. The van der Waals surface area contributed by atoms with Gasteiger partial charge in [0.2, 0.25) is 0 Å². The average Bonchev–Trinajstić information content (AvgIpc) is 2.99. The van der Waals surface area contributed by atoms with Crippen molar-refractivity contribution < 1.29 is 29.3 Å². The predicted molar refractivity (Wildman–Crippen MR) is 183 cm³/mol. The Morgan fingerprint density at radius 3 is 1.55 bits per heavy atom. The summed E-state index contributed by atoms with van der Waals surface area (Å²) in [4.78, 5) is 23.8. The molecule has 1 unspecified atom stereocenters. The van der Waals surface area contributed by atoms with E-state index in [1.165, 1.54) is 44.9 Å². The maximum atomic E-state index is 11.9. The van der Waals surface area contributed by atoms with E-state index in [1.807, 2.05) is 0 Å². The molecular formula is C38H66O6. The molecule has 254 valence electrons. The summed E-state index contributed by atoms with van der Waals surface area (Å²) in [6, 6.07) is 0. The fourth-order valence-corrected chi connectivity index (χ4v) is 4.63. The van der Waals surface area contributed by atoms with Crippen LogP contribution in [0.5, 0.6) is 0 Å². The van der Waals surface area contributed by atoms with E-state index in [0.29, 0.717) is 19.3 Å². The highest BCUT2D eigenvalue weighted by Gasteiger charge is 2.12. The quantitative estimate of drug-likeness (QED) is 0.0473. The molecule has 0 radical (unpaired) electrons. The molecule has 6 heteroatoms. The molecule has 2 N–H and O–H groups in total. The van der Waals surface area contributed by atoms with E-state index in [0.717, 1.165) is 70.1 Å². The Balaban J connectivity index is 3.60. The van der Waals surface area contributed by atoms with Crippen LogP contribution in [0.3, 0.4) is 0 Å². The standard InChI is InChI=1S/C38H66O6/c1-4-27-35(39)29-24-20-16-12-8-6-5-7-9-13-17-21-25-30-37(41)43-32-36(40)33-44-38(42)31-26-22-18-14-10-11-15-19-23-28-34(2)3/h5,7-8,12-13,17,20,24,34-36,39-40H,4,6,9-11,14-16,18-19,21-23,25-33H2,1-3H3/b7-5-,12-8-,17-13-,24-20-/t35?,36-/m0/s1. The van der Waals surface area contributed by atoms with Crippen molar-refractivity contribution in [1.82, 2.24) is 0 Å². The smallest absolute Gasteiger partial charge is 0.305 e. The van der Waals surface area contributed by atoms with Gasteiger partial charge in [-0.3, -0.25) is 9.59 Å². The van der Waals surface area contributed by atoms with Crippen LogP contribution in [0.1, 0.15) is 149 Å². The van der Waals surface area contributed by atoms with Gasteiger partial charge in [0.25, 0.3) is 0 Å². The van der Waals surface area contributed by atoms with Gasteiger partial charge in [0.05, 0.1) is 6.10 Å². The second kappa shape index (κ2) is 32.2. The molecule has 2 atom stereocenters. The monoisotopic (exact) mass is 618 g/mol. The summed E-state index contributed by atoms with van der Waals surface area (Å²) in [5, 5.41) is 19.6. The molecule has 0 aliphatic rings. The number of ether oxygens (including phenoxy) is 2. The lowest BCUT2D eigenvalue weighted by molar-refractivity contribution is -0.152. The largest absolute Gasteiger partial charge is 0.463 e. The molecule has 0 aromatic carbocycles. The Bertz CT molecular complexity index is 782. The van der Waals surface area contributed by atoms with Gasteiger partial charge in [-0.25, -0.2) is 0 Å². The SMILES string of the molecule is CCCC(O)C/C=C\C/C=C\C/C=C\C/C=C\CCCC(=O)OC[C@H](O)COC(=O)CCCCCCCCCCCC(C)C. The van der Waals surface area contributed by atoms with Crippen molar-refractivity contribution in [3.8, 4) is 0 Å². The highest BCUT2D eigenvalue weighted by Crippen LogP contribution is 2.13. The maximum Gasteiger partial charge on any atom is 0.305 e. The highest BCUT2D eigenvalue weighted by molar-refractivity contribution is 5.69. The third-order valence-electron chi connectivity index (χ3n) is 7.30. The second-order valence-electron chi connectivity index (χ2n) is 12.3. The minimum Gasteiger partial charge on any atom is -0.463 e. The van der Waals surface area contributed by atoms with Gasteiger partial charge in [0.15, 0.2) is 0 Å². The highest BCUT2D eigenvalue weighted by atomic mass is 16.6. The molecule has 0 aromatic rings. The summed E-state index contributed by atoms with van der Waals surface area (Å²) >= 11 is 0. The Morgan fingerprint density at radius 1 is 0.568 bits per heavy atom. The van der Waals surface area contributed by atoms with Crippen molar-refractivity contribution >= 4 is 11.9 Å². The van der Waals surface area contributed by atoms with E-state index in [1.54, 1.807) is 0 Å². The van der Waals surface area contributed by atoms with Crippen molar-refractivity contribution in [2.24, 2.45) is 5.92 Å².